The van der Waals surface area contributed by atoms with E-state index >= 15 is 0 Å². The minimum atomic E-state index is 0.413. The first-order chi connectivity index (χ1) is 7.25. The van der Waals surface area contributed by atoms with Crippen molar-refractivity contribution in [3.8, 4) is 0 Å². The largest absolute Gasteiger partial charge is 0.381 e. The van der Waals surface area contributed by atoms with Crippen LogP contribution in [0.1, 0.15) is 32.6 Å². The summed E-state index contributed by atoms with van der Waals surface area (Å²) in [5.74, 6) is 1.29. The molecule has 1 aliphatic heterocycles. The number of guanidine groups is 1. The first-order valence-electron chi connectivity index (χ1n) is 5.93. The lowest BCUT2D eigenvalue weighted by Gasteiger charge is -2.28. The number of hydrogen-bond acceptors (Lipinski definition) is 2. The van der Waals surface area contributed by atoms with Crippen molar-refractivity contribution >= 4 is 5.96 Å². The fourth-order valence-electron chi connectivity index (χ4n) is 2.00. The monoisotopic (exact) mass is 211 g/mol. The highest BCUT2D eigenvalue weighted by molar-refractivity contribution is 5.78. The molecule has 0 spiro atoms. The Balaban J connectivity index is 1.76. The molecule has 2 aliphatic rings. The van der Waals surface area contributed by atoms with Crippen LogP contribution in [-0.2, 0) is 4.74 Å². The predicted molar refractivity (Wildman–Crippen MR) is 60.8 cm³/mol. The van der Waals surface area contributed by atoms with Crippen molar-refractivity contribution in [2.24, 2.45) is 16.6 Å². The van der Waals surface area contributed by atoms with Gasteiger partial charge in [0.15, 0.2) is 5.96 Å². The molecule has 1 saturated carbocycles. The van der Waals surface area contributed by atoms with Crippen LogP contribution in [0, 0.1) is 5.92 Å². The number of nitrogens with one attached hydrogen (secondary N) is 1. The van der Waals surface area contributed by atoms with Gasteiger partial charge in [0.2, 0.25) is 0 Å². The Morgan fingerprint density at radius 3 is 2.60 bits per heavy atom. The van der Waals surface area contributed by atoms with Gasteiger partial charge in [-0.25, -0.2) is 0 Å². The summed E-state index contributed by atoms with van der Waals surface area (Å²) in [5.41, 5.74) is 5.83. The third-order valence-corrected chi connectivity index (χ3v) is 3.22. The molecule has 1 heterocycles. The van der Waals surface area contributed by atoms with Crippen molar-refractivity contribution < 1.29 is 4.74 Å². The minimum Gasteiger partial charge on any atom is -0.381 e. The van der Waals surface area contributed by atoms with Gasteiger partial charge in [-0.1, -0.05) is 0 Å². The molecule has 1 saturated heterocycles. The molecule has 86 valence electrons. The van der Waals surface area contributed by atoms with Crippen LogP contribution < -0.4 is 11.1 Å². The van der Waals surface area contributed by atoms with E-state index in [1.807, 2.05) is 0 Å². The molecule has 0 amide bonds. The van der Waals surface area contributed by atoms with Crippen molar-refractivity contribution in [3.63, 3.8) is 0 Å². The fraction of sp³-hybridized carbons (Fsp3) is 0.909. The topological polar surface area (TPSA) is 59.6 Å². The second-order valence-electron chi connectivity index (χ2n) is 4.63. The van der Waals surface area contributed by atoms with E-state index in [0.29, 0.717) is 24.0 Å². The average molecular weight is 211 g/mol. The molecule has 3 N–H and O–H groups in total. The SMILES string of the molecule is CC(NC(N)=NC1CC1)C1CCOCC1. The van der Waals surface area contributed by atoms with Gasteiger partial charge in [0.25, 0.3) is 0 Å². The number of hydrogen-bond donors (Lipinski definition) is 2. The first kappa shape index (κ1) is 10.7. The van der Waals surface area contributed by atoms with E-state index in [0.717, 1.165) is 26.1 Å². The zero-order chi connectivity index (χ0) is 10.7. The van der Waals surface area contributed by atoms with E-state index in [9.17, 15) is 0 Å². The average Bonchev–Trinajstić information content (AvgIpc) is 3.03. The number of rotatable bonds is 3. The summed E-state index contributed by atoms with van der Waals surface area (Å²) in [4.78, 5) is 4.38. The van der Waals surface area contributed by atoms with Crippen LogP contribution >= 0.6 is 0 Å². The third-order valence-electron chi connectivity index (χ3n) is 3.22. The van der Waals surface area contributed by atoms with Gasteiger partial charge in [-0.15, -0.1) is 0 Å². The maximum atomic E-state index is 5.83. The van der Waals surface area contributed by atoms with E-state index in [1.54, 1.807) is 0 Å². The molecule has 0 aromatic rings. The molecule has 1 unspecified atom stereocenters. The highest BCUT2D eigenvalue weighted by Gasteiger charge is 2.23. The van der Waals surface area contributed by atoms with Crippen molar-refractivity contribution in [2.75, 3.05) is 13.2 Å². The van der Waals surface area contributed by atoms with E-state index in [4.69, 9.17) is 10.5 Å². The first-order valence-corrected chi connectivity index (χ1v) is 5.93. The van der Waals surface area contributed by atoms with Crippen LogP contribution in [0.2, 0.25) is 0 Å². The van der Waals surface area contributed by atoms with Gasteiger partial charge in [-0.2, -0.15) is 0 Å². The maximum absolute atomic E-state index is 5.83. The van der Waals surface area contributed by atoms with E-state index in [-0.39, 0.29) is 0 Å². The highest BCUT2D eigenvalue weighted by atomic mass is 16.5. The second kappa shape index (κ2) is 4.84. The number of nitrogens with two attached hydrogens (primary N) is 1. The van der Waals surface area contributed by atoms with Gasteiger partial charge >= 0.3 is 0 Å². The molecule has 1 aliphatic carbocycles. The number of nitrogens with zero attached hydrogens (tertiary/aromatic N) is 1. The van der Waals surface area contributed by atoms with Crippen LogP contribution in [0.25, 0.3) is 0 Å². The van der Waals surface area contributed by atoms with E-state index in [2.05, 4.69) is 17.2 Å². The zero-order valence-electron chi connectivity index (χ0n) is 9.41. The van der Waals surface area contributed by atoms with Crippen molar-refractivity contribution in [3.05, 3.63) is 0 Å². The Bertz CT molecular complexity index is 232. The van der Waals surface area contributed by atoms with Gasteiger partial charge in [0.05, 0.1) is 6.04 Å². The lowest BCUT2D eigenvalue weighted by molar-refractivity contribution is 0.0581. The molecular formula is C11H21N3O. The highest BCUT2D eigenvalue weighted by Crippen LogP contribution is 2.23. The van der Waals surface area contributed by atoms with Gasteiger partial charge in [0, 0.05) is 19.3 Å². The van der Waals surface area contributed by atoms with Gasteiger partial charge < -0.3 is 15.8 Å². The quantitative estimate of drug-likeness (QED) is 0.538. The fourth-order valence-corrected chi connectivity index (χ4v) is 2.00. The summed E-state index contributed by atoms with van der Waals surface area (Å²) in [6.45, 7) is 3.96. The standard InChI is InChI=1S/C11H21N3O/c1-8(9-4-6-15-7-5-9)13-11(12)14-10-2-3-10/h8-10H,2-7H2,1H3,(H3,12,13,14). The minimum absolute atomic E-state index is 0.413. The van der Waals surface area contributed by atoms with Crippen LogP contribution in [0.15, 0.2) is 4.99 Å². The second-order valence-corrected chi connectivity index (χ2v) is 4.63. The Kier molecular flexibility index (Phi) is 3.46. The molecule has 4 nitrogen and oxygen atoms in total. The van der Waals surface area contributed by atoms with Gasteiger partial charge in [-0.05, 0) is 38.5 Å². The molecule has 0 aromatic carbocycles. The Labute approximate surface area is 91.3 Å². The molecule has 4 heteroatoms. The van der Waals surface area contributed by atoms with Crippen molar-refractivity contribution in [1.29, 1.82) is 0 Å². The lowest BCUT2D eigenvalue weighted by atomic mass is 9.93. The number of aliphatic imine (C=N–C) groups is 1. The molecule has 1 atom stereocenters. The van der Waals surface area contributed by atoms with Crippen LogP contribution in [0.5, 0.6) is 0 Å². The molecule has 0 bridgehead atoms. The molecule has 2 fully saturated rings. The number of ether oxygens (including phenoxy) is 1. The van der Waals surface area contributed by atoms with E-state index in [1.165, 1.54) is 12.8 Å². The normalized spacial score (nSPS) is 26.3. The molecule has 15 heavy (non-hydrogen) atoms. The van der Waals surface area contributed by atoms with Crippen LogP contribution in [0.3, 0.4) is 0 Å². The third kappa shape index (κ3) is 3.38. The summed E-state index contributed by atoms with van der Waals surface area (Å²) in [5, 5.41) is 3.29. The predicted octanol–water partition coefficient (Wildman–Crippen LogP) is 0.868. The Morgan fingerprint density at radius 1 is 1.33 bits per heavy atom. The zero-order valence-corrected chi connectivity index (χ0v) is 9.41. The maximum Gasteiger partial charge on any atom is 0.189 e. The van der Waals surface area contributed by atoms with Crippen molar-refractivity contribution in [2.45, 2.75) is 44.7 Å². The van der Waals surface area contributed by atoms with Crippen LogP contribution in [-0.4, -0.2) is 31.3 Å². The Morgan fingerprint density at radius 2 is 2.00 bits per heavy atom. The Hall–Kier alpha value is -0.770. The lowest BCUT2D eigenvalue weighted by Crippen LogP contribution is -2.44. The smallest absolute Gasteiger partial charge is 0.189 e. The van der Waals surface area contributed by atoms with E-state index < -0.39 is 0 Å². The molecule has 0 aromatic heterocycles. The van der Waals surface area contributed by atoms with Crippen molar-refractivity contribution in [1.82, 2.24) is 5.32 Å². The molecular weight excluding hydrogens is 190 g/mol. The van der Waals surface area contributed by atoms with Gasteiger partial charge in [-0.3, -0.25) is 4.99 Å². The van der Waals surface area contributed by atoms with Gasteiger partial charge in [0.1, 0.15) is 0 Å². The summed E-state index contributed by atoms with van der Waals surface area (Å²) < 4.78 is 5.34. The molecule has 2 rings (SSSR count). The summed E-state index contributed by atoms with van der Waals surface area (Å²) >= 11 is 0. The summed E-state index contributed by atoms with van der Waals surface area (Å²) in [7, 11) is 0. The van der Waals surface area contributed by atoms with Crippen LogP contribution in [0.4, 0.5) is 0 Å². The summed E-state index contributed by atoms with van der Waals surface area (Å²) in [6, 6.07) is 0.913. The molecule has 0 radical (unpaired) electrons. The summed E-state index contributed by atoms with van der Waals surface area (Å²) in [6.07, 6.45) is 4.66.